The quantitative estimate of drug-likeness (QED) is 0.499. The molecule has 0 amide bonds. The van der Waals surface area contributed by atoms with E-state index < -0.39 is 6.10 Å². The van der Waals surface area contributed by atoms with Crippen LogP contribution in [0.5, 0.6) is 5.75 Å². The van der Waals surface area contributed by atoms with Gasteiger partial charge in [-0.25, -0.2) is 0 Å². The number of nitrogens with two attached hydrogens (primary N) is 1. The fourth-order valence-corrected chi connectivity index (χ4v) is 3.43. The summed E-state index contributed by atoms with van der Waals surface area (Å²) in [4.78, 5) is 12.4. The van der Waals surface area contributed by atoms with Crippen LogP contribution in [0.1, 0.15) is 29.8 Å². The number of hydrogen-bond acceptors (Lipinski definition) is 5. The lowest BCUT2D eigenvalue weighted by Gasteiger charge is -2.17. The average Bonchev–Trinajstić information content (AvgIpc) is 3.50. The zero-order valence-corrected chi connectivity index (χ0v) is 15.7. The maximum atomic E-state index is 12.4. The van der Waals surface area contributed by atoms with Gasteiger partial charge in [-0.15, -0.1) is 0 Å². The van der Waals surface area contributed by atoms with Crippen molar-refractivity contribution in [2.45, 2.75) is 24.7 Å². The Kier molecular flexibility index (Phi) is 5.28. The van der Waals surface area contributed by atoms with Crippen LogP contribution < -0.4 is 10.5 Å². The predicted octanol–water partition coefficient (Wildman–Crippen LogP) is 3.92. The summed E-state index contributed by atoms with van der Waals surface area (Å²) in [7, 11) is 1.64. The van der Waals surface area contributed by atoms with Gasteiger partial charge in [0, 0.05) is 6.54 Å². The Morgan fingerprint density at radius 1 is 1.07 bits per heavy atom. The van der Waals surface area contributed by atoms with Gasteiger partial charge in [0.25, 0.3) is 0 Å². The third kappa shape index (κ3) is 4.01. The Morgan fingerprint density at radius 3 is 2.57 bits per heavy atom. The van der Waals surface area contributed by atoms with Crippen LogP contribution in [0.25, 0.3) is 10.8 Å². The normalized spacial score (nSPS) is 19.2. The summed E-state index contributed by atoms with van der Waals surface area (Å²) < 4.78 is 16.5. The van der Waals surface area contributed by atoms with E-state index in [9.17, 15) is 4.79 Å². The molecule has 5 heteroatoms. The van der Waals surface area contributed by atoms with Gasteiger partial charge in [-0.1, -0.05) is 48.5 Å². The molecule has 28 heavy (non-hydrogen) atoms. The topological polar surface area (TPSA) is 74.1 Å². The smallest absolute Gasteiger partial charge is 0.309 e. The predicted molar refractivity (Wildman–Crippen MR) is 107 cm³/mol. The molecule has 0 saturated carbocycles. The minimum Gasteiger partial charge on any atom is -0.497 e. The first-order valence-electron chi connectivity index (χ1n) is 9.35. The van der Waals surface area contributed by atoms with Crippen molar-refractivity contribution in [2.24, 2.45) is 5.73 Å². The zero-order valence-electron chi connectivity index (χ0n) is 15.7. The second-order valence-electron chi connectivity index (χ2n) is 6.90. The summed E-state index contributed by atoms with van der Waals surface area (Å²) in [6, 6.07) is 21.7. The van der Waals surface area contributed by atoms with E-state index >= 15 is 0 Å². The van der Waals surface area contributed by atoms with Crippen molar-refractivity contribution in [3.05, 3.63) is 77.9 Å². The highest BCUT2D eigenvalue weighted by Gasteiger charge is 2.42. The van der Waals surface area contributed by atoms with Crippen LogP contribution in [0.4, 0.5) is 0 Å². The number of epoxide rings is 1. The van der Waals surface area contributed by atoms with E-state index in [4.69, 9.17) is 19.9 Å². The molecule has 1 aliphatic heterocycles. The molecule has 0 radical (unpaired) electrons. The number of hydrogen-bond donors (Lipinski definition) is 1. The lowest BCUT2D eigenvalue weighted by Crippen LogP contribution is -2.20. The molecule has 144 valence electrons. The summed E-state index contributed by atoms with van der Waals surface area (Å²) in [5, 5.41) is 2.10. The molecule has 2 N–H and O–H groups in total. The molecule has 0 bridgehead atoms. The van der Waals surface area contributed by atoms with Gasteiger partial charge in [-0.05, 0) is 40.1 Å². The van der Waals surface area contributed by atoms with Crippen LogP contribution in [0, 0.1) is 0 Å². The molecule has 1 aliphatic rings. The van der Waals surface area contributed by atoms with Gasteiger partial charge >= 0.3 is 5.97 Å². The molecule has 3 atom stereocenters. The molecule has 1 fully saturated rings. The van der Waals surface area contributed by atoms with E-state index in [2.05, 4.69) is 0 Å². The number of methoxy groups -OCH3 is 1. The van der Waals surface area contributed by atoms with Crippen molar-refractivity contribution < 1.29 is 19.0 Å². The first kappa shape index (κ1) is 18.5. The Hall–Kier alpha value is -2.89. The lowest BCUT2D eigenvalue weighted by atomic mass is 10.0. The van der Waals surface area contributed by atoms with Crippen LogP contribution >= 0.6 is 0 Å². The summed E-state index contributed by atoms with van der Waals surface area (Å²) >= 11 is 0. The van der Waals surface area contributed by atoms with Gasteiger partial charge in [-0.2, -0.15) is 0 Å². The van der Waals surface area contributed by atoms with Crippen LogP contribution in [-0.2, 0) is 14.3 Å². The van der Waals surface area contributed by atoms with Gasteiger partial charge in [0.05, 0.1) is 19.6 Å². The van der Waals surface area contributed by atoms with E-state index in [-0.39, 0.29) is 31.1 Å². The number of fused-ring (bicyclic) bond motifs is 1. The first-order chi connectivity index (χ1) is 13.7. The fourth-order valence-electron chi connectivity index (χ4n) is 3.43. The van der Waals surface area contributed by atoms with Gasteiger partial charge < -0.3 is 19.9 Å². The number of carbonyl (C=O) groups is 1. The number of esters is 1. The summed E-state index contributed by atoms with van der Waals surface area (Å²) in [6.45, 7) is 0.223. The van der Waals surface area contributed by atoms with Gasteiger partial charge in [-0.3, -0.25) is 4.79 Å². The molecule has 1 heterocycles. The van der Waals surface area contributed by atoms with Gasteiger partial charge in [0.1, 0.15) is 18.0 Å². The third-order valence-electron chi connectivity index (χ3n) is 5.01. The summed E-state index contributed by atoms with van der Waals surface area (Å²) in [6.07, 6.45) is -0.410. The van der Waals surface area contributed by atoms with E-state index in [1.165, 1.54) is 0 Å². The van der Waals surface area contributed by atoms with Crippen molar-refractivity contribution >= 4 is 16.7 Å². The largest absolute Gasteiger partial charge is 0.497 e. The van der Waals surface area contributed by atoms with Crippen molar-refractivity contribution in [1.29, 1.82) is 0 Å². The Bertz CT molecular complexity index is 973. The molecule has 3 aromatic rings. The van der Waals surface area contributed by atoms with E-state index in [0.717, 1.165) is 27.6 Å². The number of rotatable bonds is 7. The maximum absolute atomic E-state index is 12.4. The molecular formula is C23H23NO4. The zero-order chi connectivity index (χ0) is 19.5. The molecule has 1 saturated heterocycles. The molecule has 0 spiro atoms. The lowest BCUT2D eigenvalue weighted by molar-refractivity contribution is -0.149. The molecule has 0 aromatic heterocycles. The highest BCUT2D eigenvalue weighted by Crippen LogP contribution is 2.41. The molecular weight excluding hydrogens is 354 g/mol. The van der Waals surface area contributed by atoms with Gasteiger partial charge in [0.15, 0.2) is 0 Å². The number of carbonyl (C=O) groups excluding carboxylic acids is 1. The fraction of sp³-hybridized carbons (Fsp3) is 0.261. The van der Waals surface area contributed by atoms with E-state index in [1.807, 2.05) is 66.7 Å². The molecule has 4 rings (SSSR count). The number of ether oxygens (including phenoxy) is 3. The van der Waals surface area contributed by atoms with Crippen molar-refractivity contribution in [3.63, 3.8) is 0 Å². The minimum absolute atomic E-state index is 0.0271. The maximum Gasteiger partial charge on any atom is 0.309 e. The SMILES string of the molecule is COc1ccc2cc([C@H](CN)OC(=O)C[C@@H]3O[C@@H]3c3ccccc3)ccc2c1. The Labute approximate surface area is 164 Å². The highest BCUT2D eigenvalue weighted by atomic mass is 16.6. The molecule has 5 nitrogen and oxygen atoms in total. The van der Waals surface area contributed by atoms with Crippen molar-refractivity contribution in [2.75, 3.05) is 13.7 Å². The second-order valence-corrected chi connectivity index (χ2v) is 6.90. The molecule has 3 aromatic carbocycles. The van der Waals surface area contributed by atoms with E-state index in [1.54, 1.807) is 7.11 Å². The van der Waals surface area contributed by atoms with Gasteiger partial charge in [0.2, 0.25) is 0 Å². The van der Waals surface area contributed by atoms with E-state index in [0.29, 0.717) is 0 Å². The monoisotopic (exact) mass is 377 g/mol. The summed E-state index contributed by atoms with van der Waals surface area (Å²) in [5.41, 5.74) is 7.84. The van der Waals surface area contributed by atoms with Crippen molar-refractivity contribution in [3.8, 4) is 5.75 Å². The third-order valence-corrected chi connectivity index (χ3v) is 5.01. The number of benzene rings is 3. The second kappa shape index (κ2) is 8.00. The Morgan fingerprint density at radius 2 is 1.82 bits per heavy atom. The highest BCUT2D eigenvalue weighted by molar-refractivity contribution is 5.84. The standard InChI is InChI=1S/C23H23NO4/c1-26-19-10-9-16-11-18(8-7-17(16)12-19)21(14-24)27-22(25)13-20-23(28-20)15-5-3-2-4-6-15/h2-12,20-21,23H,13-14,24H2,1H3/t20-,21-,23+/m0/s1. The van der Waals surface area contributed by atoms with Crippen LogP contribution in [0.15, 0.2) is 66.7 Å². The molecule has 0 unspecified atom stereocenters. The van der Waals surface area contributed by atoms with Crippen LogP contribution in [0.3, 0.4) is 0 Å². The van der Waals surface area contributed by atoms with Crippen LogP contribution in [-0.4, -0.2) is 25.7 Å². The minimum atomic E-state index is -0.479. The summed E-state index contributed by atoms with van der Waals surface area (Å²) in [5.74, 6) is 0.508. The molecule has 0 aliphatic carbocycles. The van der Waals surface area contributed by atoms with Crippen molar-refractivity contribution in [1.82, 2.24) is 0 Å². The first-order valence-corrected chi connectivity index (χ1v) is 9.35. The van der Waals surface area contributed by atoms with Crippen LogP contribution in [0.2, 0.25) is 0 Å². The Balaban J connectivity index is 1.40. The average molecular weight is 377 g/mol.